The number of aryl methyl sites for hydroxylation is 1. The smallest absolute Gasteiger partial charge is 0.199 e. The van der Waals surface area contributed by atoms with E-state index in [1.807, 2.05) is 12.1 Å². The lowest BCUT2D eigenvalue weighted by Crippen LogP contribution is -2.27. The highest BCUT2D eigenvalue weighted by molar-refractivity contribution is 6.09. The normalized spacial score (nSPS) is 15.9. The summed E-state index contributed by atoms with van der Waals surface area (Å²) in [5, 5.41) is 6.16. The lowest BCUT2D eigenvalue weighted by atomic mass is 9.85. The molecule has 29 heavy (non-hydrogen) atoms. The molecule has 1 fully saturated rings. The van der Waals surface area contributed by atoms with Gasteiger partial charge in [0.15, 0.2) is 5.43 Å². The summed E-state index contributed by atoms with van der Waals surface area (Å²) in [6, 6.07) is 12.9. The minimum absolute atomic E-state index is 0.149. The molecule has 0 atom stereocenters. The maximum atomic E-state index is 13.7. The molecular weight excluding hydrogens is 358 g/mol. The molecule has 150 valence electrons. The van der Waals surface area contributed by atoms with Crippen molar-refractivity contribution >= 4 is 32.8 Å². The average molecular weight is 388 g/mol. The molecule has 2 aromatic heterocycles. The van der Waals surface area contributed by atoms with Crippen molar-refractivity contribution in [1.82, 2.24) is 14.9 Å². The zero-order valence-electron chi connectivity index (χ0n) is 17.5. The van der Waals surface area contributed by atoms with Gasteiger partial charge in [0.05, 0.1) is 10.9 Å². The number of aromatic nitrogens is 2. The van der Waals surface area contributed by atoms with Gasteiger partial charge in [0.25, 0.3) is 0 Å². The fraction of sp³-hybridized carbons (Fsp3) is 0.400. The highest BCUT2D eigenvalue weighted by Crippen LogP contribution is 2.34. The Morgan fingerprint density at radius 1 is 1.10 bits per heavy atom. The van der Waals surface area contributed by atoms with Crippen LogP contribution >= 0.6 is 0 Å². The molecule has 3 heterocycles. The van der Waals surface area contributed by atoms with Crippen molar-refractivity contribution in [2.24, 2.45) is 0 Å². The molecule has 0 bridgehead atoms. The molecule has 4 aromatic rings. The number of benzene rings is 2. The fourth-order valence-electron chi connectivity index (χ4n) is 5.18. The van der Waals surface area contributed by atoms with Crippen LogP contribution in [0.2, 0.25) is 0 Å². The summed E-state index contributed by atoms with van der Waals surface area (Å²) >= 11 is 0. The zero-order valence-corrected chi connectivity index (χ0v) is 17.5. The summed E-state index contributed by atoms with van der Waals surface area (Å²) in [4.78, 5) is 17.2. The van der Waals surface area contributed by atoms with Crippen LogP contribution in [0.4, 0.5) is 0 Å². The molecule has 0 unspecified atom stereocenters. The van der Waals surface area contributed by atoms with Gasteiger partial charge >= 0.3 is 0 Å². The van der Waals surface area contributed by atoms with Gasteiger partial charge in [-0.1, -0.05) is 25.1 Å². The van der Waals surface area contributed by atoms with E-state index in [9.17, 15) is 4.79 Å². The first-order valence-electron chi connectivity index (χ1n) is 10.9. The van der Waals surface area contributed by atoms with Gasteiger partial charge in [-0.2, -0.15) is 0 Å². The van der Waals surface area contributed by atoms with Crippen LogP contribution in [0.25, 0.3) is 32.8 Å². The Balaban J connectivity index is 1.92. The number of H-pyrrole nitrogens is 1. The number of nitrogens with zero attached hydrogens (tertiary/aromatic N) is 1. The van der Waals surface area contributed by atoms with Gasteiger partial charge in [-0.15, -0.1) is 0 Å². The minimum atomic E-state index is 0.149. The van der Waals surface area contributed by atoms with E-state index in [4.69, 9.17) is 0 Å². The monoisotopic (exact) mass is 387 g/mol. The van der Waals surface area contributed by atoms with Gasteiger partial charge in [-0.3, -0.25) is 4.79 Å². The van der Waals surface area contributed by atoms with E-state index in [-0.39, 0.29) is 11.5 Å². The largest absolute Gasteiger partial charge is 0.340 e. The maximum absolute atomic E-state index is 13.7. The van der Waals surface area contributed by atoms with Gasteiger partial charge in [0, 0.05) is 22.3 Å². The molecule has 5 rings (SSSR count). The van der Waals surface area contributed by atoms with Gasteiger partial charge in [0.2, 0.25) is 0 Å². The van der Waals surface area contributed by atoms with Crippen molar-refractivity contribution in [3.05, 3.63) is 57.7 Å². The van der Waals surface area contributed by atoms with Crippen molar-refractivity contribution in [2.45, 2.75) is 52.0 Å². The lowest BCUT2D eigenvalue weighted by Gasteiger charge is -2.26. The third kappa shape index (κ3) is 2.81. The standard InChI is InChI=1S/C25H29N3O/c1-4-16-13-20-22(14-19(16)17-9-11-26-12-10-17)28(15(2)3)25-23(24(20)29)18-7-5-6-8-21(18)27-25/h5-8,13-15,17,26-27H,4,9-12H2,1-3H3. The Morgan fingerprint density at radius 3 is 2.59 bits per heavy atom. The van der Waals surface area contributed by atoms with E-state index >= 15 is 0 Å². The van der Waals surface area contributed by atoms with Crippen LogP contribution in [0.3, 0.4) is 0 Å². The second-order valence-corrected chi connectivity index (χ2v) is 8.63. The highest BCUT2D eigenvalue weighted by atomic mass is 16.1. The predicted molar refractivity (Wildman–Crippen MR) is 122 cm³/mol. The summed E-state index contributed by atoms with van der Waals surface area (Å²) in [5.74, 6) is 0.574. The van der Waals surface area contributed by atoms with Crippen LogP contribution in [0.5, 0.6) is 0 Å². The molecule has 1 aliphatic rings. The molecule has 0 radical (unpaired) electrons. The molecule has 4 nitrogen and oxygen atoms in total. The van der Waals surface area contributed by atoms with Gasteiger partial charge < -0.3 is 14.9 Å². The lowest BCUT2D eigenvalue weighted by molar-refractivity contribution is 0.458. The molecule has 4 heteroatoms. The molecule has 1 saturated heterocycles. The number of hydrogen-bond acceptors (Lipinski definition) is 2. The molecule has 0 amide bonds. The predicted octanol–water partition coefficient (Wildman–Crippen LogP) is 5.25. The van der Waals surface area contributed by atoms with Crippen molar-refractivity contribution in [2.75, 3.05) is 13.1 Å². The summed E-state index contributed by atoms with van der Waals surface area (Å²) in [5.41, 5.74) is 5.95. The Morgan fingerprint density at radius 2 is 1.86 bits per heavy atom. The van der Waals surface area contributed by atoms with Crippen molar-refractivity contribution in [3.63, 3.8) is 0 Å². The van der Waals surface area contributed by atoms with E-state index < -0.39 is 0 Å². The number of aromatic amines is 1. The number of rotatable bonds is 3. The molecule has 0 aliphatic carbocycles. The highest BCUT2D eigenvalue weighted by Gasteiger charge is 2.22. The first-order chi connectivity index (χ1) is 14.1. The van der Waals surface area contributed by atoms with Crippen LogP contribution in [0.1, 0.15) is 56.7 Å². The molecule has 2 N–H and O–H groups in total. The Kier molecular flexibility index (Phi) is 4.47. The van der Waals surface area contributed by atoms with Crippen LogP contribution in [-0.4, -0.2) is 22.6 Å². The second kappa shape index (κ2) is 7.03. The molecule has 0 saturated carbocycles. The number of piperidine rings is 1. The summed E-state index contributed by atoms with van der Waals surface area (Å²) in [7, 11) is 0. The average Bonchev–Trinajstić information content (AvgIpc) is 3.12. The Labute approximate surface area is 170 Å². The minimum Gasteiger partial charge on any atom is -0.340 e. The fourth-order valence-corrected chi connectivity index (χ4v) is 5.18. The van der Waals surface area contributed by atoms with E-state index in [0.29, 0.717) is 5.92 Å². The number of nitrogens with one attached hydrogen (secondary N) is 2. The SMILES string of the molecule is CCc1cc2c(=O)c3c4ccccc4[nH]c3n(C(C)C)c2cc1C1CCNCC1. The van der Waals surface area contributed by atoms with E-state index in [0.717, 1.165) is 52.3 Å². The van der Waals surface area contributed by atoms with Gasteiger partial charge in [-0.25, -0.2) is 0 Å². The third-order valence-electron chi connectivity index (χ3n) is 6.59. The first-order valence-corrected chi connectivity index (χ1v) is 10.9. The number of fused-ring (bicyclic) bond motifs is 4. The zero-order chi connectivity index (χ0) is 20.1. The van der Waals surface area contributed by atoms with E-state index in [2.05, 4.69) is 59.9 Å². The van der Waals surface area contributed by atoms with Crippen molar-refractivity contribution in [1.29, 1.82) is 0 Å². The quantitative estimate of drug-likeness (QED) is 0.505. The number of para-hydroxylation sites is 1. The number of hydrogen-bond donors (Lipinski definition) is 2. The van der Waals surface area contributed by atoms with E-state index in [1.54, 1.807) is 0 Å². The number of pyridine rings is 1. The molecule has 0 spiro atoms. The summed E-state index contributed by atoms with van der Waals surface area (Å²) < 4.78 is 2.33. The van der Waals surface area contributed by atoms with Gasteiger partial charge in [0.1, 0.15) is 5.65 Å². The third-order valence-corrected chi connectivity index (χ3v) is 6.59. The first kappa shape index (κ1) is 18.4. The topological polar surface area (TPSA) is 49.8 Å². The molecule has 2 aromatic carbocycles. The van der Waals surface area contributed by atoms with Crippen LogP contribution < -0.4 is 10.7 Å². The van der Waals surface area contributed by atoms with E-state index in [1.165, 1.54) is 24.0 Å². The summed E-state index contributed by atoms with van der Waals surface area (Å²) in [6.07, 6.45) is 3.29. The Hall–Kier alpha value is -2.59. The van der Waals surface area contributed by atoms with Crippen molar-refractivity contribution in [3.8, 4) is 0 Å². The molecular formula is C25H29N3O. The Bertz CT molecular complexity index is 1270. The molecule has 1 aliphatic heterocycles. The van der Waals surface area contributed by atoms with Crippen LogP contribution in [0.15, 0.2) is 41.2 Å². The maximum Gasteiger partial charge on any atom is 0.199 e. The van der Waals surface area contributed by atoms with Gasteiger partial charge in [-0.05, 0) is 81.4 Å². The summed E-state index contributed by atoms with van der Waals surface area (Å²) in [6.45, 7) is 8.75. The second-order valence-electron chi connectivity index (χ2n) is 8.63. The van der Waals surface area contributed by atoms with Crippen molar-refractivity contribution < 1.29 is 0 Å². The van der Waals surface area contributed by atoms with Crippen LogP contribution in [-0.2, 0) is 6.42 Å². The van der Waals surface area contributed by atoms with Crippen LogP contribution in [0, 0.1) is 0 Å².